The van der Waals surface area contributed by atoms with Crippen molar-refractivity contribution in [2.45, 2.75) is 40.2 Å². The van der Waals surface area contributed by atoms with E-state index in [4.69, 9.17) is 10.5 Å². The first-order valence-electron chi connectivity index (χ1n) is 8.98. The first-order chi connectivity index (χ1) is 13.0. The van der Waals surface area contributed by atoms with E-state index in [9.17, 15) is 14.4 Å². The van der Waals surface area contributed by atoms with Gasteiger partial charge in [-0.25, -0.2) is 9.78 Å². The lowest BCUT2D eigenvalue weighted by molar-refractivity contribution is 0.0983. The first kappa shape index (κ1) is 20.2. The summed E-state index contributed by atoms with van der Waals surface area (Å²) >= 11 is 0. The van der Waals surface area contributed by atoms with Crippen molar-refractivity contribution in [3.63, 3.8) is 0 Å². The molecule has 0 fully saturated rings. The van der Waals surface area contributed by atoms with Gasteiger partial charge < -0.3 is 15.4 Å². The Morgan fingerprint density at radius 2 is 2.07 bits per heavy atom. The van der Waals surface area contributed by atoms with Gasteiger partial charge in [-0.3, -0.25) is 19.1 Å². The van der Waals surface area contributed by atoms with E-state index < -0.39 is 17.2 Å². The molecule has 0 aliphatic heterocycles. The maximum Gasteiger partial charge on any atom is 0.330 e. The van der Waals surface area contributed by atoms with Crippen molar-refractivity contribution in [3.8, 4) is 5.88 Å². The van der Waals surface area contributed by atoms with Gasteiger partial charge >= 0.3 is 5.69 Å². The minimum absolute atomic E-state index is 0.0331. The maximum atomic E-state index is 13.1. The topological polar surface area (TPSA) is 123 Å². The molecule has 9 nitrogen and oxygen atoms in total. The quantitative estimate of drug-likeness (QED) is 0.718. The van der Waals surface area contributed by atoms with Gasteiger partial charge in [0.25, 0.3) is 11.5 Å². The lowest BCUT2D eigenvalue weighted by atomic mass is 10.2. The first-order valence-corrected chi connectivity index (χ1v) is 8.98. The summed E-state index contributed by atoms with van der Waals surface area (Å²) < 4.78 is 6.69. The molecule has 0 bridgehead atoms. The van der Waals surface area contributed by atoms with Gasteiger partial charge in [-0.2, -0.15) is 0 Å². The molecule has 2 aromatic rings. The van der Waals surface area contributed by atoms with Crippen LogP contribution in [0.2, 0.25) is 0 Å². The van der Waals surface area contributed by atoms with Gasteiger partial charge in [-0.05, 0) is 32.4 Å². The molecule has 146 valence electrons. The minimum atomic E-state index is -0.706. The second kappa shape index (κ2) is 9.02. The molecule has 3 N–H and O–H groups in total. The van der Waals surface area contributed by atoms with E-state index in [0.717, 1.165) is 6.42 Å². The van der Waals surface area contributed by atoms with Gasteiger partial charge in [-0.15, -0.1) is 0 Å². The third kappa shape index (κ3) is 4.18. The molecule has 0 aromatic carbocycles. The van der Waals surface area contributed by atoms with Crippen molar-refractivity contribution in [2.75, 3.05) is 23.8 Å². The van der Waals surface area contributed by atoms with E-state index in [1.54, 1.807) is 26.0 Å². The molecule has 0 unspecified atom stereocenters. The number of ether oxygens (including phenoxy) is 1. The summed E-state index contributed by atoms with van der Waals surface area (Å²) in [6.07, 6.45) is 3.08. The van der Waals surface area contributed by atoms with Crippen LogP contribution in [0.3, 0.4) is 0 Å². The number of nitrogens with one attached hydrogen (secondary N) is 1. The van der Waals surface area contributed by atoms with Crippen molar-refractivity contribution < 1.29 is 9.53 Å². The zero-order valence-corrected chi connectivity index (χ0v) is 15.8. The molecule has 27 heavy (non-hydrogen) atoms. The fourth-order valence-electron chi connectivity index (χ4n) is 2.73. The van der Waals surface area contributed by atoms with E-state index >= 15 is 0 Å². The molecular formula is C18H25N5O4. The Kier molecular flexibility index (Phi) is 6.75. The smallest absolute Gasteiger partial charge is 0.330 e. The van der Waals surface area contributed by atoms with Crippen molar-refractivity contribution >= 4 is 17.4 Å². The predicted molar refractivity (Wildman–Crippen MR) is 103 cm³/mol. The molecule has 2 aromatic heterocycles. The van der Waals surface area contributed by atoms with E-state index in [1.165, 1.54) is 15.7 Å². The standard InChI is InChI=1S/C18H25N5O4/c1-4-7-11-23-14(19)13(15(24)21-18(23)26)22(5-2)17(25)12-9-8-10-20-16(12)27-6-3/h8-10H,4-7,11,19H2,1-3H3,(H,21,24,26). The highest BCUT2D eigenvalue weighted by atomic mass is 16.5. The molecule has 2 heterocycles. The molecule has 0 aliphatic rings. The third-order valence-electron chi connectivity index (χ3n) is 4.06. The van der Waals surface area contributed by atoms with E-state index in [2.05, 4.69) is 9.97 Å². The van der Waals surface area contributed by atoms with Gasteiger partial charge in [0.05, 0.1) is 6.61 Å². The molecular weight excluding hydrogens is 350 g/mol. The van der Waals surface area contributed by atoms with E-state index in [-0.39, 0.29) is 29.5 Å². The summed E-state index contributed by atoms with van der Waals surface area (Å²) in [7, 11) is 0. The van der Waals surface area contributed by atoms with E-state index in [0.29, 0.717) is 19.6 Å². The van der Waals surface area contributed by atoms with Crippen LogP contribution in [-0.4, -0.2) is 33.6 Å². The Hall–Kier alpha value is -3.10. The van der Waals surface area contributed by atoms with Crippen LogP contribution in [0.15, 0.2) is 27.9 Å². The second-order valence-electron chi connectivity index (χ2n) is 5.84. The van der Waals surface area contributed by atoms with Crippen LogP contribution in [-0.2, 0) is 6.54 Å². The summed E-state index contributed by atoms with van der Waals surface area (Å²) in [5.74, 6) is -0.334. The number of carbonyl (C=O) groups excluding carboxylic acids is 1. The summed E-state index contributed by atoms with van der Waals surface area (Å²) in [6.45, 7) is 6.36. The number of nitrogens with two attached hydrogens (primary N) is 1. The second-order valence-corrected chi connectivity index (χ2v) is 5.84. The van der Waals surface area contributed by atoms with Gasteiger partial charge in [0.2, 0.25) is 5.88 Å². The number of rotatable bonds is 8. The van der Waals surface area contributed by atoms with Gasteiger partial charge in [0.15, 0.2) is 5.69 Å². The number of H-pyrrole nitrogens is 1. The summed E-state index contributed by atoms with van der Waals surface area (Å²) in [4.78, 5) is 45.2. The van der Waals surface area contributed by atoms with Crippen LogP contribution in [0, 0.1) is 0 Å². The van der Waals surface area contributed by atoms with Gasteiger partial charge in [-0.1, -0.05) is 13.3 Å². The molecule has 1 amide bonds. The Morgan fingerprint density at radius 3 is 2.70 bits per heavy atom. The minimum Gasteiger partial charge on any atom is -0.477 e. The average molecular weight is 375 g/mol. The Labute approximate surface area is 156 Å². The van der Waals surface area contributed by atoms with Crippen LogP contribution < -0.4 is 26.6 Å². The van der Waals surface area contributed by atoms with Crippen LogP contribution in [0.1, 0.15) is 44.0 Å². The number of nitrogens with zero attached hydrogens (tertiary/aromatic N) is 3. The fraction of sp³-hybridized carbons (Fsp3) is 0.444. The van der Waals surface area contributed by atoms with Crippen molar-refractivity contribution in [1.29, 1.82) is 0 Å². The predicted octanol–water partition coefficient (Wildman–Crippen LogP) is 1.38. The summed E-state index contributed by atoms with van der Waals surface area (Å²) in [5, 5.41) is 0. The van der Waals surface area contributed by atoms with Crippen molar-refractivity contribution in [2.24, 2.45) is 0 Å². The Bertz CT molecular complexity index is 919. The third-order valence-corrected chi connectivity index (χ3v) is 4.06. The molecule has 0 saturated carbocycles. The number of nitrogen functional groups attached to an aromatic ring is 1. The van der Waals surface area contributed by atoms with Crippen LogP contribution in [0.5, 0.6) is 5.88 Å². The van der Waals surface area contributed by atoms with Crippen molar-refractivity contribution in [1.82, 2.24) is 14.5 Å². The number of anilines is 2. The van der Waals surface area contributed by atoms with Crippen molar-refractivity contribution in [3.05, 3.63) is 44.7 Å². The number of hydrogen-bond donors (Lipinski definition) is 2. The lowest BCUT2D eigenvalue weighted by Crippen LogP contribution is -2.41. The molecule has 0 atom stereocenters. The average Bonchev–Trinajstić information content (AvgIpc) is 2.65. The molecule has 0 saturated heterocycles. The van der Waals surface area contributed by atoms with Crippen LogP contribution >= 0.6 is 0 Å². The number of aromatic nitrogens is 3. The van der Waals surface area contributed by atoms with E-state index in [1.807, 2.05) is 6.92 Å². The number of hydrogen-bond acceptors (Lipinski definition) is 6. The molecule has 0 aliphatic carbocycles. The molecule has 9 heteroatoms. The highest BCUT2D eigenvalue weighted by Crippen LogP contribution is 2.23. The largest absolute Gasteiger partial charge is 0.477 e. The molecule has 0 radical (unpaired) electrons. The van der Waals surface area contributed by atoms with Crippen LogP contribution in [0.4, 0.5) is 11.5 Å². The number of amides is 1. The lowest BCUT2D eigenvalue weighted by Gasteiger charge is -2.23. The summed E-state index contributed by atoms with van der Waals surface area (Å²) in [5.41, 5.74) is 4.99. The number of aromatic amines is 1. The molecule has 0 spiro atoms. The summed E-state index contributed by atoms with van der Waals surface area (Å²) in [6, 6.07) is 3.18. The SMILES string of the molecule is CCCCn1c(N)c(N(CC)C(=O)c2cccnc2OCC)c(=O)[nH]c1=O. The Morgan fingerprint density at radius 1 is 1.33 bits per heavy atom. The monoisotopic (exact) mass is 375 g/mol. The Balaban J connectivity index is 2.56. The number of unbranched alkanes of at least 4 members (excludes halogenated alkanes) is 1. The zero-order valence-electron chi connectivity index (χ0n) is 15.8. The van der Waals surface area contributed by atoms with Crippen LogP contribution in [0.25, 0.3) is 0 Å². The highest BCUT2D eigenvalue weighted by Gasteiger charge is 2.26. The maximum absolute atomic E-state index is 13.1. The normalized spacial score (nSPS) is 10.6. The van der Waals surface area contributed by atoms with Gasteiger partial charge in [0, 0.05) is 19.3 Å². The zero-order chi connectivity index (χ0) is 20.0. The number of pyridine rings is 1. The molecule has 2 rings (SSSR count). The van der Waals surface area contributed by atoms with Gasteiger partial charge in [0.1, 0.15) is 11.4 Å². The number of carbonyl (C=O) groups is 1. The fourth-order valence-corrected chi connectivity index (χ4v) is 2.73. The highest BCUT2D eigenvalue weighted by molar-refractivity contribution is 6.08.